The maximum Gasteiger partial charge on any atom is 0.244 e. The number of nitrogens with zero attached hydrogens (tertiary/aromatic N) is 1. The van der Waals surface area contributed by atoms with E-state index in [1.807, 2.05) is 0 Å². The zero-order valence-corrected chi connectivity index (χ0v) is 13.6. The number of aryl methyl sites for hydroxylation is 1. The highest BCUT2D eigenvalue weighted by molar-refractivity contribution is 7.89. The molecule has 0 saturated heterocycles. The van der Waals surface area contributed by atoms with E-state index in [1.165, 1.54) is 18.3 Å². The van der Waals surface area contributed by atoms with Gasteiger partial charge in [-0.2, -0.15) is 4.72 Å². The fourth-order valence-corrected chi connectivity index (χ4v) is 4.18. The molecule has 0 bridgehead atoms. The van der Waals surface area contributed by atoms with Crippen LogP contribution in [0.1, 0.15) is 24.6 Å². The number of hydrogen-bond acceptors (Lipinski definition) is 5. The molecule has 0 amide bonds. The van der Waals surface area contributed by atoms with Crippen molar-refractivity contribution in [2.75, 3.05) is 5.73 Å². The van der Waals surface area contributed by atoms with Crippen molar-refractivity contribution in [3.63, 3.8) is 0 Å². The van der Waals surface area contributed by atoms with Gasteiger partial charge in [-0.25, -0.2) is 13.4 Å². The largest absolute Gasteiger partial charge is 0.444 e. The Morgan fingerprint density at radius 3 is 2.38 bits per heavy atom. The Kier molecular flexibility index (Phi) is 4.48. The summed E-state index contributed by atoms with van der Waals surface area (Å²) >= 11 is 11.9. The van der Waals surface area contributed by atoms with Crippen molar-refractivity contribution in [1.82, 2.24) is 9.71 Å². The molecule has 0 fully saturated rings. The molecule has 0 aliphatic carbocycles. The highest BCUT2D eigenvalue weighted by atomic mass is 35.5. The van der Waals surface area contributed by atoms with Crippen LogP contribution in [0, 0.1) is 6.92 Å². The molecule has 1 unspecified atom stereocenters. The first-order chi connectivity index (χ1) is 9.70. The number of sulfonamides is 1. The molecule has 6 nitrogen and oxygen atoms in total. The van der Waals surface area contributed by atoms with E-state index < -0.39 is 16.1 Å². The van der Waals surface area contributed by atoms with Gasteiger partial charge in [0.15, 0.2) is 0 Å². The maximum absolute atomic E-state index is 12.4. The van der Waals surface area contributed by atoms with Crippen molar-refractivity contribution in [2.24, 2.45) is 0 Å². The monoisotopic (exact) mass is 349 g/mol. The number of oxazole rings is 1. The predicted molar refractivity (Wildman–Crippen MR) is 80.9 cm³/mol. The second-order valence-electron chi connectivity index (χ2n) is 4.47. The van der Waals surface area contributed by atoms with Gasteiger partial charge in [0.25, 0.3) is 0 Å². The van der Waals surface area contributed by atoms with Crippen molar-refractivity contribution in [1.29, 1.82) is 0 Å². The van der Waals surface area contributed by atoms with Crippen LogP contribution in [0.2, 0.25) is 10.0 Å². The Labute approximate surface area is 132 Å². The minimum atomic E-state index is -3.95. The first-order valence-corrected chi connectivity index (χ1v) is 8.14. The van der Waals surface area contributed by atoms with Crippen molar-refractivity contribution < 1.29 is 12.8 Å². The zero-order chi connectivity index (χ0) is 15.8. The lowest BCUT2D eigenvalue weighted by molar-refractivity contribution is 0.428. The second-order valence-corrected chi connectivity index (χ2v) is 6.93. The van der Waals surface area contributed by atoms with E-state index in [1.54, 1.807) is 13.8 Å². The average molecular weight is 350 g/mol. The van der Waals surface area contributed by atoms with Gasteiger partial charge in [-0.15, -0.1) is 0 Å². The molecular weight excluding hydrogens is 337 g/mol. The van der Waals surface area contributed by atoms with Crippen LogP contribution in [-0.2, 0) is 10.0 Å². The van der Waals surface area contributed by atoms with Crippen LogP contribution < -0.4 is 10.5 Å². The van der Waals surface area contributed by atoms with E-state index in [9.17, 15) is 8.42 Å². The van der Waals surface area contributed by atoms with Crippen molar-refractivity contribution in [3.8, 4) is 0 Å². The summed E-state index contributed by atoms with van der Waals surface area (Å²) in [6.45, 7) is 3.31. The zero-order valence-electron chi connectivity index (χ0n) is 11.2. The smallest absolute Gasteiger partial charge is 0.244 e. The third kappa shape index (κ3) is 3.49. The number of halogens is 2. The minimum Gasteiger partial charge on any atom is -0.444 e. The molecule has 0 spiro atoms. The summed E-state index contributed by atoms with van der Waals surface area (Å²) in [5.41, 5.74) is 5.84. The molecule has 114 valence electrons. The number of rotatable bonds is 4. The Morgan fingerprint density at radius 1 is 1.33 bits per heavy atom. The summed E-state index contributed by atoms with van der Waals surface area (Å²) in [7, 11) is -3.95. The summed E-state index contributed by atoms with van der Waals surface area (Å²) in [5.74, 6) is 0.832. The maximum atomic E-state index is 12.4. The number of aromatic nitrogens is 1. The third-order valence-corrected chi connectivity index (χ3v) is 5.09. The molecule has 2 aromatic rings. The van der Waals surface area contributed by atoms with E-state index in [0.717, 1.165) is 0 Å². The lowest BCUT2D eigenvalue weighted by Crippen LogP contribution is -2.27. The van der Waals surface area contributed by atoms with Crippen LogP contribution in [0.4, 0.5) is 5.69 Å². The molecule has 9 heteroatoms. The van der Waals surface area contributed by atoms with Gasteiger partial charge < -0.3 is 10.2 Å². The quantitative estimate of drug-likeness (QED) is 0.826. The van der Waals surface area contributed by atoms with Crippen molar-refractivity contribution >= 4 is 38.9 Å². The molecule has 3 N–H and O–H groups in total. The summed E-state index contributed by atoms with van der Waals surface area (Å²) < 4.78 is 32.5. The molecule has 0 radical (unpaired) electrons. The molecule has 1 aromatic heterocycles. The first-order valence-electron chi connectivity index (χ1n) is 5.90. The normalized spacial score (nSPS) is 13.3. The van der Waals surface area contributed by atoms with Crippen LogP contribution in [0.5, 0.6) is 0 Å². The van der Waals surface area contributed by atoms with E-state index in [4.69, 9.17) is 33.4 Å². The topological polar surface area (TPSA) is 98.2 Å². The Balaban J connectivity index is 2.35. The van der Waals surface area contributed by atoms with Gasteiger partial charge in [-0.1, -0.05) is 23.2 Å². The molecular formula is C12H13Cl2N3O3S. The Morgan fingerprint density at radius 2 is 1.90 bits per heavy atom. The Bertz CT molecular complexity index is 751. The molecule has 0 aliphatic rings. The summed E-state index contributed by atoms with van der Waals surface area (Å²) in [6.07, 6.45) is 1.50. The number of anilines is 1. The van der Waals surface area contributed by atoms with Crippen molar-refractivity contribution in [3.05, 3.63) is 40.0 Å². The fraction of sp³-hybridized carbons (Fsp3) is 0.250. The highest BCUT2D eigenvalue weighted by Crippen LogP contribution is 2.32. The van der Waals surface area contributed by atoms with E-state index in [2.05, 4.69) is 9.71 Å². The SMILES string of the molecule is Cc1cnc(C(C)NS(=O)(=O)c2c(Cl)cc(N)cc2Cl)o1. The van der Waals surface area contributed by atoms with Gasteiger partial charge in [0.2, 0.25) is 15.9 Å². The van der Waals surface area contributed by atoms with Gasteiger partial charge >= 0.3 is 0 Å². The van der Waals surface area contributed by atoms with E-state index >= 15 is 0 Å². The number of benzene rings is 1. The summed E-state index contributed by atoms with van der Waals surface area (Å²) in [4.78, 5) is 3.75. The van der Waals surface area contributed by atoms with Gasteiger partial charge in [0, 0.05) is 5.69 Å². The van der Waals surface area contributed by atoms with Gasteiger partial charge in [0.05, 0.1) is 22.3 Å². The first kappa shape index (κ1) is 16.1. The number of nitrogens with two attached hydrogens (primary N) is 1. The van der Waals surface area contributed by atoms with Gasteiger partial charge in [-0.3, -0.25) is 0 Å². The van der Waals surface area contributed by atoms with Crippen LogP contribution in [-0.4, -0.2) is 13.4 Å². The molecule has 0 aliphatic heterocycles. The van der Waals surface area contributed by atoms with Crippen LogP contribution in [0.3, 0.4) is 0 Å². The van der Waals surface area contributed by atoms with Gasteiger partial charge in [0.1, 0.15) is 10.7 Å². The number of hydrogen-bond donors (Lipinski definition) is 2. The minimum absolute atomic E-state index is 0.0525. The predicted octanol–water partition coefficient (Wildman–Crippen LogP) is 2.91. The molecule has 1 aromatic carbocycles. The lowest BCUT2D eigenvalue weighted by atomic mass is 10.3. The third-order valence-electron chi connectivity index (χ3n) is 2.63. The van der Waals surface area contributed by atoms with E-state index in [0.29, 0.717) is 5.76 Å². The van der Waals surface area contributed by atoms with Crippen LogP contribution in [0.25, 0.3) is 0 Å². The average Bonchev–Trinajstić information content (AvgIpc) is 2.73. The summed E-state index contributed by atoms with van der Waals surface area (Å²) in [5, 5.41) is -0.105. The second kappa shape index (κ2) is 5.84. The molecule has 0 saturated carbocycles. The van der Waals surface area contributed by atoms with E-state index in [-0.39, 0.29) is 26.5 Å². The Hall–Kier alpha value is -1.28. The standard InChI is InChI=1S/C12H13Cl2N3O3S/c1-6-5-16-12(20-6)7(2)17-21(18,19)11-9(13)3-8(15)4-10(11)14/h3-5,7,17H,15H2,1-2H3. The molecule has 1 atom stereocenters. The lowest BCUT2D eigenvalue weighted by Gasteiger charge is -2.14. The number of nitrogens with one attached hydrogen (secondary N) is 1. The molecule has 21 heavy (non-hydrogen) atoms. The molecule has 1 heterocycles. The molecule has 2 rings (SSSR count). The number of nitrogen functional groups attached to an aromatic ring is 1. The summed E-state index contributed by atoms with van der Waals surface area (Å²) in [6, 6.07) is 1.97. The van der Waals surface area contributed by atoms with Crippen LogP contribution >= 0.6 is 23.2 Å². The fourth-order valence-electron chi connectivity index (χ4n) is 1.75. The van der Waals surface area contributed by atoms with Gasteiger partial charge in [-0.05, 0) is 26.0 Å². The van der Waals surface area contributed by atoms with Crippen LogP contribution in [0.15, 0.2) is 27.6 Å². The highest BCUT2D eigenvalue weighted by Gasteiger charge is 2.26. The van der Waals surface area contributed by atoms with Crippen molar-refractivity contribution in [2.45, 2.75) is 24.8 Å².